The van der Waals surface area contributed by atoms with Crippen LogP contribution in [0.3, 0.4) is 0 Å². The third-order valence-electron chi connectivity index (χ3n) is 10.3. The highest BCUT2D eigenvalue weighted by molar-refractivity contribution is 5.91. The van der Waals surface area contributed by atoms with Crippen molar-refractivity contribution < 1.29 is 0 Å². The van der Waals surface area contributed by atoms with Crippen LogP contribution in [0, 0.1) is 20.8 Å². The topological polar surface area (TPSA) is 12.0 Å². The molecule has 0 saturated carbocycles. The highest BCUT2D eigenvalue weighted by Gasteiger charge is 2.40. The van der Waals surface area contributed by atoms with Crippen LogP contribution in [0.5, 0.6) is 0 Å². The molecule has 1 N–H and O–H groups in total. The van der Waals surface area contributed by atoms with Crippen LogP contribution in [0.15, 0.2) is 163 Å². The maximum absolute atomic E-state index is 4.09. The zero-order valence-corrected chi connectivity index (χ0v) is 34.0. The lowest BCUT2D eigenvalue weighted by atomic mass is 9.75. The lowest BCUT2D eigenvalue weighted by Gasteiger charge is -2.31. The monoisotopic (exact) mass is 699 g/mol. The third-order valence-corrected chi connectivity index (χ3v) is 10.3. The van der Waals surface area contributed by atoms with Crippen LogP contribution in [0.1, 0.15) is 106 Å². The summed E-state index contributed by atoms with van der Waals surface area (Å²) in [6, 6.07) is 32.6. The molecule has 0 fully saturated rings. The zero-order chi connectivity index (χ0) is 38.5. The highest BCUT2D eigenvalue weighted by Crippen LogP contribution is 2.54. The Balaban J connectivity index is 0.000000500. The molecule has 4 aromatic rings. The molecular weight excluding hydrogens is 639 g/mol. The number of hydrogen-bond donors (Lipinski definition) is 1. The van der Waals surface area contributed by atoms with Crippen LogP contribution in [0.2, 0.25) is 0 Å². The minimum absolute atomic E-state index is 0.0262. The molecule has 1 heterocycles. The first-order valence-corrected chi connectivity index (χ1v) is 19.6. The minimum atomic E-state index is -0.0262. The van der Waals surface area contributed by atoms with Gasteiger partial charge in [-0.3, -0.25) is 0 Å². The molecule has 4 aromatic carbocycles. The fourth-order valence-corrected chi connectivity index (χ4v) is 7.73. The Bertz CT molecular complexity index is 2040. The molecule has 0 amide bonds. The molecular formula is C52H61N. The van der Waals surface area contributed by atoms with Gasteiger partial charge in [-0.2, -0.15) is 0 Å². The van der Waals surface area contributed by atoms with Crippen LogP contribution in [-0.2, 0) is 5.41 Å². The first-order valence-electron chi connectivity index (χ1n) is 19.6. The summed E-state index contributed by atoms with van der Waals surface area (Å²) < 4.78 is 0. The summed E-state index contributed by atoms with van der Waals surface area (Å²) >= 11 is 0. The Kier molecular flexibility index (Phi) is 14.6. The molecule has 3 aliphatic rings. The van der Waals surface area contributed by atoms with E-state index in [9.17, 15) is 0 Å². The second kappa shape index (κ2) is 19.1. The number of fused-ring (bicyclic) bond motifs is 2. The Morgan fingerprint density at radius 2 is 1.49 bits per heavy atom. The number of rotatable bonds is 6. The zero-order valence-electron chi connectivity index (χ0n) is 34.0. The van der Waals surface area contributed by atoms with Gasteiger partial charge in [0.25, 0.3) is 0 Å². The molecule has 0 saturated heterocycles. The van der Waals surface area contributed by atoms with Crippen molar-refractivity contribution in [3.63, 3.8) is 0 Å². The molecule has 1 heteroatoms. The van der Waals surface area contributed by atoms with E-state index in [0.29, 0.717) is 0 Å². The molecule has 7 rings (SSSR count). The fourth-order valence-electron chi connectivity index (χ4n) is 7.73. The predicted molar refractivity (Wildman–Crippen MR) is 235 cm³/mol. The summed E-state index contributed by atoms with van der Waals surface area (Å²) in [5, 5.41) is 3.81. The van der Waals surface area contributed by atoms with Gasteiger partial charge in [-0.25, -0.2) is 0 Å². The Morgan fingerprint density at radius 1 is 0.811 bits per heavy atom. The van der Waals surface area contributed by atoms with Gasteiger partial charge in [0.15, 0.2) is 0 Å². The predicted octanol–water partition coefficient (Wildman–Crippen LogP) is 14.7. The Labute approximate surface area is 322 Å². The van der Waals surface area contributed by atoms with Crippen LogP contribution in [0.25, 0.3) is 22.3 Å². The number of nitrogens with one attached hydrogen (secondary N) is 1. The van der Waals surface area contributed by atoms with Gasteiger partial charge in [-0.05, 0) is 119 Å². The van der Waals surface area contributed by atoms with Gasteiger partial charge in [0.05, 0.1) is 6.04 Å². The lowest BCUT2D eigenvalue weighted by Crippen LogP contribution is -2.23. The number of aryl methyl sites for hydroxylation is 2. The van der Waals surface area contributed by atoms with Crippen molar-refractivity contribution >= 4 is 11.1 Å². The molecule has 1 atom stereocenters. The van der Waals surface area contributed by atoms with Crippen molar-refractivity contribution in [2.24, 2.45) is 0 Å². The van der Waals surface area contributed by atoms with Crippen LogP contribution < -0.4 is 5.32 Å². The van der Waals surface area contributed by atoms with Gasteiger partial charge < -0.3 is 5.32 Å². The highest BCUT2D eigenvalue weighted by atomic mass is 14.9. The second-order valence-electron chi connectivity index (χ2n) is 13.8. The van der Waals surface area contributed by atoms with E-state index in [-0.39, 0.29) is 11.5 Å². The smallest absolute Gasteiger partial charge is 0.0771 e. The fraction of sp³-hybridized carbons (Fsp3) is 0.269. The summed E-state index contributed by atoms with van der Waals surface area (Å²) in [6.45, 7) is 25.6. The van der Waals surface area contributed by atoms with Gasteiger partial charge in [-0.1, -0.05) is 181 Å². The maximum Gasteiger partial charge on any atom is 0.0771 e. The summed E-state index contributed by atoms with van der Waals surface area (Å²) in [5.74, 6) is 0. The van der Waals surface area contributed by atoms with Crippen molar-refractivity contribution in [1.29, 1.82) is 0 Å². The average Bonchev–Trinajstić information content (AvgIpc) is 3.44. The SMILES string of the molecule is C=C/C(=C\C=C/C)C1=CNC(c2cccc(-c3c(C)ccc4c3C(C)(C)C3=C4CCC=C3)c2C)C(c2ccccc2)=C1.CC.CC.Cc1ccccc1. The summed E-state index contributed by atoms with van der Waals surface area (Å²) in [4.78, 5) is 0. The maximum atomic E-state index is 4.09. The van der Waals surface area contributed by atoms with E-state index in [1.54, 1.807) is 0 Å². The summed E-state index contributed by atoms with van der Waals surface area (Å²) in [5.41, 5.74) is 18.7. The molecule has 0 radical (unpaired) electrons. The van der Waals surface area contributed by atoms with Gasteiger partial charge in [-0.15, -0.1) is 0 Å². The molecule has 0 spiro atoms. The van der Waals surface area contributed by atoms with E-state index in [1.807, 2.05) is 65.0 Å². The second-order valence-corrected chi connectivity index (χ2v) is 13.8. The van der Waals surface area contributed by atoms with E-state index in [2.05, 4.69) is 156 Å². The van der Waals surface area contributed by atoms with Crippen molar-refractivity contribution in [3.05, 3.63) is 202 Å². The third kappa shape index (κ3) is 8.74. The van der Waals surface area contributed by atoms with Crippen LogP contribution in [0.4, 0.5) is 0 Å². The summed E-state index contributed by atoms with van der Waals surface area (Å²) in [7, 11) is 0. The lowest BCUT2D eigenvalue weighted by molar-refractivity contribution is 0.652. The van der Waals surface area contributed by atoms with Gasteiger partial charge in [0.2, 0.25) is 0 Å². The molecule has 1 aliphatic heterocycles. The largest absolute Gasteiger partial charge is 0.380 e. The van der Waals surface area contributed by atoms with Crippen molar-refractivity contribution in [1.82, 2.24) is 5.32 Å². The van der Waals surface area contributed by atoms with Gasteiger partial charge in [0, 0.05) is 11.6 Å². The first kappa shape index (κ1) is 40.6. The average molecular weight is 700 g/mol. The van der Waals surface area contributed by atoms with Crippen molar-refractivity contribution in [2.75, 3.05) is 0 Å². The Morgan fingerprint density at radius 3 is 2.11 bits per heavy atom. The van der Waals surface area contributed by atoms with Crippen LogP contribution in [-0.4, -0.2) is 0 Å². The van der Waals surface area contributed by atoms with Gasteiger partial charge >= 0.3 is 0 Å². The molecule has 0 aromatic heterocycles. The Hall–Kier alpha value is -5.14. The standard InChI is InChI=1S/C41H41N.C7H8.2C2H6/c1-7-9-16-29(8-2)31-25-36(30-17-11-10-12-18-30)40(42-26-31)33-21-15-20-32(28(33)4)38-27(3)23-24-35-34-19-13-14-22-37(34)41(5,6)39(35)38;1-7-5-3-2-4-6-7;2*1-2/h7-12,14-18,20-26,40,42H,2,13,19H2,1,3-6H3;2-6H,1H3;2*1-2H3/b9-7-,29-16+;;;. The number of dihydropyridines is 1. The molecule has 53 heavy (non-hydrogen) atoms. The van der Waals surface area contributed by atoms with E-state index in [0.717, 1.165) is 24.0 Å². The first-order chi connectivity index (χ1) is 25.8. The van der Waals surface area contributed by atoms with E-state index < -0.39 is 0 Å². The van der Waals surface area contributed by atoms with Crippen molar-refractivity contribution in [3.8, 4) is 11.1 Å². The van der Waals surface area contributed by atoms with Crippen LogP contribution >= 0.6 is 0 Å². The van der Waals surface area contributed by atoms with Crippen molar-refractivity contribution in [2.45, 2.75) is 93.5 Å². The molecule has 2 aliphatic carbocycles. The van der Waals surface area contributed by atoms with E-state index in [4.69, 9.17) is 0 Å². The summed E-state index contributed by atoms with van der Waals surface area (Å²) in [6.07, 6.45) is 19.6. The molecule has 1 unspecified atom stereocenters. The van der Waals surface area contributed by atoms with Gasteiger partial charge in [0.1, 0.15) is 0 Å². The van der Waals surface area contributed by atoms with E-state index >= 15 is 0 Å². The molecule has 1 nitrogen and oxygen atoms in total. The minimum Gasteiger partial charge on any atom is -0.380 e. The number of hydrogen-bond acceptors (Lipinski definition) is 1. The molecule has 0 bridgehead atoms. The number of benzene rings is 4. The van der Waals surface area contributed by atoms with E-state index in [1.165, 1.54) is 66.8 Å². The quantitative estimate of drug-likeness (QED) is 0.198. The number of allylic oxidation sites excluding steroid dienone is 11. The normalized spacial score (nSPS) is 16.6. The molecule has 274 valence electrons.